The largest absolute Gasteiger partial charge is 0.497 e. The maximum atomic E-state index is 9.64. The van der Waals surface area contributed by atoms with E-state index >= 15 is 0 Å². The number of hydrogen-bond donors (Lipinski definition) is 3. The Balaban J connectivity index is 1.18. The first-order valence-corrected chi connectivity index (χ1v) is 12.6. The Morgan fingerprint density at radius 1 is 1.05 bits per heavy atom. The van der Waals surface area contributed by atoms with Crippen LogP contribution in [0, 0.1) is 0 Å². The first-order valence-electron chi connectivity index (χ1n) is 12.6. The minimum Gasteiger partial charge on any atom is -0.497 e. The molecular weight excluding hydrogens is 468 g/mol. The number of H-pyrrole nitrogens is 1. The molecule has 0 bridgehead atoms. The van der Waals surface area contributed by atoms with Gasteiger partial charge in [0.1, 0.15) is 17.3 Å². The van der Waals surface area contributed by atoms with Crippen molar-refractivity contribution in [3.63, 3.8) is 0 Å². The number of aromatic amines is 1. The standard InChI is InChI=1S/C28H32N6O3/c1-36-23-7-2-5-20(17-23)27-30-19-26(32-27)25-9-12-29-28(33-25)31-21-6-3-8-24(18-21)37-16-4-13-34-14-10-22(35)11-15-34/h2-3,5-9,12,17-19,22,35H,4,10-11,13-16H2,1H3,(H,30,32)(H,29,31,33). The van der Waals surface area contributed by atoms with E-state index in [0.717, 1.165) is 78.9 Å². The smallest absolute Gasteiger partial charge is 0.227 e. The molecule has 37 heavy (non-hydrogen) atoms. The highest BCUT2D eigenvalue weighted by Gasteiger charge is 2.16. The number of aromatic nitrogens is 4. The second-order valence-corrected chi connectivity index (χ2v) is 9.07. The van der Waals surface area contributed by atoms with Gasteiger partial charge in [-0.25, -0.2) is 15.0 Å². The van der Waals surface area contributed by atoms with Crippen LogP contribution in [0.2, 0.25) is 0 Å². The van der Waals surface area contributed by atoms with E-state index in [-0.39, 0.29) is 6.10 Å². The lowest BCUT2D eigenvalue weighted by Gasteiger charge is -2.29. The van der Waals surface area contributed by atoms with Crippen molar-refractivity contribution in [1.29, 1.82) is 0 Å². The van der Waals surface area contributed by atoms with E-state index in [4.69, 9.17) is 9.47 Å². The summed E-state index contributed by atoms with van der Waals surface area (Å²) in [6.45, 7) is 3.55. The zero-order valence-electron chi connectivity index (χ0n) is 20.9. The number of piperidine rings is 1. The number of anilines is 2. The van der Waals surface area contributed by atoms with E-state index in [0.29, 0.717) is 12.6 Å². The molecular formula is C28H32N6O3. The van der Waals surface area contributed by atoms with Crippen LogP contribution < -0.4 is 14.8 Å². The normalized spacial score (nSPS) is 14.4. The first-order chi connectivity index (χ1) is 18.2. The molecule has 1 saturated heterocycles. The first kappa shape index (κ1) is 24.7. The zero-order valence-corrected chi connectivity index (χ0v) is 20.9. The number of hydrogen-bond acceptors (Lipinski definition) is 8. The number of likely N-dealkylation sites (tertiary alicyclic amines) is 1. The van der Waals surface area contributed by atoms with Gasteiger partial charge in [-0.05, 0) is 49.6 Å². The summed E-state index contributed by atoms with van der Waals surface area (Å²) in [6.07, 6.45) is 6.02. The second kappa shape index (κ2) is 11.9. The molecule has 4 aromatic rings. The van der Waals surface area contributed by atoms with Gasteiger partial charge >= 0.3 is 0 Å². The minimum absolute atomic E-state index is 0.136. The summed E-state index contributed by atoms with van der Waals surface area (Å²) >= 11 is 0. The summed E-state index contributed by atoms with van der Waals surface area (Å²) in [5.74, 6) is 2.80. The van der Waals surface area contributed by atoms with Crippen molar-refractivity contribution in [2.45, 2.75) is 25.4 Å². The fourth-order valence-electron chi connectivity index (χ4n) is 4.35. The maximum absolute atomic E-state index is 9.64. The number of methoxy groups -OCH3 is 1. The van der Waals surface area contributed by atoms with Gasteiger partial charge in [0.25, 0.3) is 0 Å². The molecule has 9 heteroatoms. The van der Waals surface area contributed by atoms with E-state index in [2.05, 4.69) is 30.2 Å². The van der Waals surface area contributed by atoms with Gasteiger partial charge in [0.15, 0.2) is 0 Å². The summed E-state index contributed by atoms with van der Waals surface area (Å²) < 4.78 is 11.3. The van der Waals surface area contributed by atoms with E-state index < -0.39 is 0 Å². The number of rotatable bonds is 10. The van der Waals surface area contributed by atoms with Crippen LogP contribution >= 0.6 is 0 Å². The monoisotopic (exact) mass is 500 g/mol. The van der Waals surface area contributed by atoms with Crippen LogP contribution in [0.5, 0.6) is 11.5 Å². The minimum atomic E-state index is -0.136. The second-order valence-electron chi connectivity index (χ2n) is 9.07. The van der Waals surface area contributed by atoms with Crippen LogP contribution in [0.4, 0.5) is 11.6 Å². The molecule has 0 amide bonds. The van der Waals surface area contributed by atoms with Gasteiger partial charge in [-0.1, -0.05) is 18.2 Å². The number of nitrogens with zero attached hydrogens (tertiary/aromatic N) is 4. The third-order valence-corrected chi connectivity index (χ3v) is 6.39. The SMILES string of the molecule is COc1cccc(-c2ncc(-c3ccnc(Nc4cccc(OCCCN5CCC(O)CC5)c4)n3)[nH]2)c1. The Bertz CT molecular complexity index is 1300. The van der Waals surface area contributed by atoms with Gasteiger partial charge in [0, 0.05) is 43.1 Å². The molecule has 0 saturated carbocycles. The maximum Gasteiger partial charge on any atom is 0.227 e. The summed E-state index contributed by atoms with van der Waals surface area (Å²) in [5, 5.41) is 12.9. The van der Waals surface area contributed by atoms with Crippen LogP contribution in [0.15, 0.2) is 67.0 Å². The highest BCUT2D eigenvalue weighted by Crippen LogP contribution is 2.25. The van der Waals surface area contributed by atoms with Crippen molar-refractivity contribution in [3.05, 3.63) is 67.0 Å². The molecule has 2 aromatic heterocycles. The zero-order chi connectivity index (χ0) is 25.5. The molecule has 3 heterocycles. The quantitative estimate of drug-likeness (QED) is 0.273. The van der Waals surface area contributed by atoms with Crippen molar-refractivity contribution >= 4 is 11.6 Å². The van der Waals surface area contributed by atoms with Crippen molar-refractivity contribution in [2.75, 3.05) is 38.7 Å². The summed E-state index contributed by atoms with van der Waals surface area (Å²) in [4.78, 5) is 19.3. The van der Waals surface area contributed by atoms with Crippen LogP contribution in [0.25, 0.3) is 22.8 Å². The van der Waals surface area contributed by atoms with Crippen molar-refractivity contribution in [3.8, 4) is 34.3 Å². The number of ether oxygens (including phenoxy) is 2. The molecule has 9 nitrogen and oxygen atoms in total. The van der Waals surface area contributed by atoms with Gasteiger partial charge in [0.05, 0.1) is 37.4 Å². The number of nitrogens with one attached hydrogen (secondary N) is 2. The van der Waals surface area contributed by atoms with Gasteiger partial charge in [-0.2, -0.15) is 0 Å². The number of benzene rings is 2. The Morgan fingerprint density at radius 3 is 2.76 bits per heavy atom. The highest BCUT2D eigenvalue weighted by atomic mass is 16.5. The third kappa shape index (κ3) is 6.63. The topological polar surface area (TPSA) is 108 Å². The number of imidazole rings is 1. The lowest BCUT2D eigenvalue weighted by atomic mass is 10.1. The molecule has 0 unspecified atom stereocenters. The van der Waals surface area contributed by atoms with Gasteiger partial charge in [-0.3, -0.25) is 0 Å². The van der Waals surface area contributed by atoms with Gasteiger partial charge < -0.3 is 29.8 Å². The van der Waals surface area contributed by atoms with Crippen LogP contribution in [-0.2, 0) is 0 Å². The highest BCUT2D eigenvalue weighted by molar-refractivity contribution is 5.64. The molecule has 0 aliphatic carbocycles. The molecule has 192 valence electrons. The third-order valence-electron chi connectivity index (χ3n) is 6.39. The molecule has 0 spiro atoms. The van der Waals surface area contributed by atoms with Crippen LogP contribution in [0.1, 0.15) is 19.3 Å². The predicted octanol–water partition coefficient (Wildman–Crippen LogP) is 4.51. The summed E-state index contributed by atoms with van der Waals surface area (Å²) in [7, 11) is 1.65. The molecule has 3 N–H and O–H groups in total. The van der Waals surface area contributed by atoms with E-state index in [1.807, 2.05) is 54.6 Å². The van der Waals surface area contributed by atoms with E-state index in [9.17, 15) is 5.11 Å². The van der Waals surface area contributed by atoms with Crippen molar-refractivity contribution in [1.82, 2.24) is 24.8 Å². The average Bonchev–Trinajstić information content (AvgIpc) is 3.43. The van der Waals surface area contributed by atoms with Crippen LogP contribution in [-0.4, -0.2) is 69.4 Å². The fourth-order valence-corrected chi connectivity index (χ4v) is 4.35. The lowest BCUT2D eigenvalue weighted by Crippen LogP contribution is -2.36. The molecule has 2 aromatic carbocycles. The van der Waals surface area contributed by atoms with Gasteiger partial charge in [-0.15, -0.1) is 0 Å². The number of aliphatic hydroxyl groups is 1. The molecule has 1 aliphatic rings. The Kier molecular flexibility index (Phi) is 7.93. The van der Waals surface area contributed by atoms with Crippen LogP contribution in [0.3, 0.4) is 0 Å². The molecule has 5 rings (SSSR count). The van der Waals surface area contributed by atoms with E-state index in [1.54, 1.807) is 19.5 Å². The number of aliphatic hydroxyl groups excluding tert-OH is 1. The Morgan fingerprint density at radius 2 is 1.89 bits per heavy atom. The molecule has 1 aliphatic heterocycles. The summed E-state index contributed by atoms with van der Waals surface area (Å²) in [5.41, 5.74) is 3.31. The Hall–Kier alpha value is -3.95. The molecule has 0 atom stereocenters. The Labute approximate surface area is 216 Å². The molecule has 1 fully saturated rings. The van der Waals surface area contributed by atoms with Gasteiger partial charge in [0.2, 0.25) is 5.95 Å². The summed E-state index contributed by atoms with van der Waals surface area (Å²) in [6, 6.07) is 17.4. The predicted molar refractivity (Wildman–Crippen MR) is 143 cm³/mol. The molecule has 0 radical (unpaired) electrons. The fraction of sp³-hybridized carbons (Fsp3) is 0.321. The lowest BCUT2D eigenvalue weighted by molar-refractivity contribution is 0.0800. The van der Waals surface area contributed by atoms with E-state index in [1.165, 1.54) is 0 Å². The van der Waals surface area contributed by atoms with Crippen molar-refractivity contribution in [2.24, 2.45) is 0 Å². The average molecular weight is 501 g/mol. The van der Waals surface area contributed by atoms with Crippen molar-refractivity contribution < 1.29 is 14.6 Å².